The van der Waals surface area contributed by atoms with Crippen LogP contribution in [0.2, 0.25) is 0 Å². The third-order valence-electron chi connectivity index (χ3n) is 7.80. The number of nitrogens with one attached hydrogen (secondary N) is 2. The van der Waals surface area contributed by atoms with Crippen LogP contribution in [0.1, 0.15) is 29.8 Å². The summed E-state index contributed by atoms with van der Waals surface area (Å²) in [7, 11) is 0. The maximum absolute atomic E-state index is 13.8. The summed E-state index contributed by atoms with van der Waals surface area (Å²) in [5.74, 6) is -3.57. The van der Waals surface area contributed by atoms with Crippen molar-refractivity contribution in [1.29, 1.82) is 0 Å². The summed E-state index contributed by atoms with van der Waals surface area (Å²) in [4.78, 5) is 47.6. The Kier molecular flexibility index (Phi) is 10.8. The topological polar surface area (TPSA) is 151 Å². The van der Waals surface area contributed by atoms with Crippen LogP contribution in [0.5, 0.6) is 0 Å². The van der Waals surface area contributed by atoms with Gasteiger partial charge < -0.3 is 30.6 Å². The lowest BCUT2D eigenvalue weighted by molar-refractivity contribution is -0.145. The van der Waals surface area contributed by atoms with Crippen LogP contribution in [0.25, 0.3) is 0 Å². The Bertz CT molecular complexity index is 1380. The molecule has 18 heteroatoms. The minimum atomic E-state index is -4.85. The maximum atomic E-state index is 13.8. The molecule has 2 aliphatic heterocycles. The van der Waals surface area contributed by atoms with Gasteiger partial charge in [-0.1, -0.05) is 12.1 Å². The zero-order chi connectivity index (χ0) is 33.6. The van der Waals surface area contributed by atoms with Gasteiger partial charge in [-0.3, -0.25) is 9.69 Å². The molecule has 4 rings (SSSR count). The number of carboxylic acids is 1. The van der Waals surface area contributed by atoms with E-state index in [9.17, 15) is 45.8 Å². The monoisotopic (exact) mass is 661 g/mol. The molecule has 4 N–H and O–H groups in total. The SMILES string of the molecule is O=C(O)N[C@@H](CN1CCN(c2cc(N3CCC[C@@H](C(=O)NCCc4ccc(C(F)(F)F)cc4)C3)nc(C(F)(F)F)n2)CC1)C(=O)O. The quantitative estimate of drug-likeness (QED) is 0.280. The number of amides is 2. The van der Waals surface area contributed by atoms with Gasteiger partial charge in [-0.15, -0.1) is 0 Å². The van der Waals surface area contributed by atoms with E-state index in [-0.39, 0.29) is 63.4 Å². The van der Waals surface area contributed by atoms with Crippen molar-refractivity contribution in [2.45, 2.75) is 37.7 Å². The number of rotatable bonds is 10. The molecule has 0 radical (unpaired) electrons. The second-order valence-electron chi connectivity index (χ2n) is 11.1. The van der Waals surface area contributed by atoms with Crippen molar-refractivity contribution < 1.29 is 50.9 Å². The zero-order valence-electron chi connectivity index (χ0n) is 24.4. The van der Waals surface area contributed by atoms with Gasteiger partial charge in [0.1, 0.15) is 17.7 Å². The minimum absolute atomic E-state index is 0.00129. The number of carbonyl (C=O) groups excluding carboxylic acids is 1. The van der Waals surface area contributed by atoms with Crippen LogP contribution in [-0.2, 0) is 28.4 Å². The van der Waals surface area contributed by atoms with E-state index in [2.05, 4.69) is 15.3 Å². The van der Waals surface area contributed by atoms with Gasteiger partial charge in [0.05, 0.1) is 11.5 Å². The molecule has 3 heterocycles. The number of aromatic nitrogens is 2. The summed E-state index contributed by atoms with van der Waals surface area (Å²) in [5, 5.41) is 22.8. The van der Waals surface area contributed by atoms with E-state index < -0.39 is 47.8 Å². The van der Waals surface area contributed by atoms with Crippen molar-refractivity contribution in [3.8, 4) is 0 Å². The lowest BCUT2D eigenvalue weighted by Gasteiger charge is -2.37. The van der Waals surface area contributed by atoms with E-state index in [4.69, 9.17) is 5.11 Å². The number of carboxylic acid groups (broad SMARTS) is 2. The molecule has 252 valence electrons. The zero-order valence-corrected chi connectivity index (χ0v) is 24.4. The average Bonchev–Trinajstić information content (AvgIpc) is 3.00. The second-order valence-corrected chi connectivity index (χ2v) is 11.1. The van der Waals surface area contributed by atoms with Crippen LogP contribution in [0.15, 0.2) is 30.3 Å². The van der Waals surface area contributed by atoms with Gasteiger partial charge in [-0.2, -0.15) is 26.3 Å². The van der Waals surface area contributed by atoms with E-state index in [1.807, 2.05) is 5.32 Å². The highest BCUT2D eigenvalue weighted by molar-refractivity contribution is 5.80. The fraction of sp³-hybridized carbons (Fsp3) is 0.536. The van der Waals surface area contributed by atoms with Crippen LogP contribution >= 0.6 is 0 Å². The van der Waals surface area contributed by atoms with Gasteiger partial charge in [-0.25, -0.2) is 19.6 Å². The van der Waals surface area contributed by atoms with Crippen molar-refractivity contribution >= 4 is 29.6 Å². The summed E-state index contributed by atoms with van der Waals surface area (Å²) in [6, 6.07) is 4.66. The Hall–Kier alpha value is -4.35. The number of carbonyl (C=O) groups is 3. The highest BCUT2D eigenvalue weighted by Crippen LogP contribution is 2.32. The first-order valence-electron chi connectivity index (χ1n) is 14.4. The molecule has 0 saturated carbocycles. The second kappa shape index (κ2) is 14.4. The maximum Gasteiger partial charge on any atom is 0.451 e. The number of piperazine rings is 1. The number of piperidine rings is 1. The fourth-order valence-electron chi connectivity index (χ4n) is 5.36. The number of hydrogen-bond donors (Lipinski definition) is 4. The molecule has 0 unspecified atom stereocenters. The molecule has 2 aromatic rings. The predicted octanol–water partition coefficient (Wildman–Crippen LogP) is 2.93. The number of hydrogen-bond acceptors (Lipinski definition) is 8. The summed E-state index contributed by atoms with van der Waals surface area (Å²) in [6.45, 7) is 1.36. The van der Waals surface area contributed by atoms with Crippen LogP contribution < -0.4 is 20.4 Å². The van der Waals surface area contributed by atoms with Gasteiger partial charge in [0.15, 0.2) is 0 Å². The average molecular weight is 662 g/mol. The molecule has 2 amide bonds. The van der Waals surface area contributed by atoms with Gasteiger partial charge in [0, 0.05) is 58.4 Å². The first-order chi connectivity index (χ1) is 21.6. The van der Waals surface area contributed by atoms with Crippen LogP contribution in [0.4, 0.5) is 42.8 Å². The molecular formula is C28H33F6N7O5. The number of aliphatic carboxylic acids is 1. The number of alkyl halides is 6. The number of benzene rings is 1. The first-order valence-corrected chi connectivity index (χ1v) is 14.4. The largest absolute Gasteiger partial charge is 0.480 e. The van der Waals surface area contributed by atoms with Crippen molar-refractivity contribution in [2.24, 2.45) is 5.92 Å². The third kappa shape index (κ3) is 9.34. The van der Waals surface area contributed by atoms with Crippen molar-refractivity contribution in [2.75, 3.05) is 62.2 Å². The molecule has 0 bridgehead atoms. The van der Waals surface area contributed by atoms with Crippen LogP contribution in [-0.4, -0.2) is 101 Å². The van der Waals surface area contributed by atoms with E-state index in [1.54, 1.807) is 14.7 Å². The van der Waals surface area contributed by atoms with E-state index in [1.165, 1.54) is 18.2 Å². The lowest BCUT2D eigenvalue weighted by Crippen LogP contribution is -2.53. The first kappa shape index (κ1) is 34.5. The minimum Gasteiger partial charge on any atom is -0.480 e. The Balaban J connectivity index is 1.38. The molecule has 2 atom stereocenters. The third-order valence-corrected chi connectivity index (χ3v) is 7.80. The Labute approximate surface area is 259 Å². The van der Waals surface area contributed by atoms with Crippen molar-refractivity contribution in [3.63, 3.8) is 0 Å². The summed E-state index contributed by atoms with van der Waals surface area (Å²) >= 11 is 0. The Morgan fingerprint density at radius 3 is 2.09 bits per heavy atom. The summed E-state index contributed by atoms with van der Waals surface area (Å²) in [6.07, 6.45) is -9.50. The molecule has 0 spiro atoms. The molecule has 1 aromatic heterocycles. The fourth-order valence-corrected chi connectivity index (χ4v) is 5.36. The van der Waals surface area contributed by atoms with Crippen LogP contribution in [0.3, 0.4) is 0 Å². The molecule has 2 aliphatic rings. The molecular weight excluding hydrogens is 628 g/mol. The normalized spacial score (nSPS) is 18.6. The molecule has 46 heavy (non-hydrogen) atoms. The number of anilines is 2. The van der Waals surface area contributed by atoms with E-state index >= 15 is 0 Å². The predicted molar refractivity (Wildman–Crippen MR) is 151 cm³/mol. The van der Waals surface area contributed by atoms with E-state index in [0.29, 0.717) is 31.4 Å². The molecule has 12 nitrogen and oxygen atoms in total. The van der Waals surface area contributed by atoms with Gasteiger partial charge in [0.25, 0.3) is 0 Å². The number of halogens is 6. The van der Waals surface area contributed by atoms with Gasteiger partial charge in [-0.05, 0) is 37.0 Å². The summed E-state index contributed by atoms with van der Waals surface area (Å²) < 4.78 is 79.8. The molecule has 2 fully saturated rings. The molecule has 0 aliphatic carbocycles. The smallest absolute Gasteiger partial charge is 0.451 e. The summed E-state index contributed by atoms with van der Waals surface area (Å²) in [5.41, 5.74) is -0.169. The Morgan fingerprint density at radius 1 is 0.891 bits per heavy atom. The van der Waals surface area contributed by atoms with Crippen molar-refractivity contribution in [1.82, 2.24) is 25.5 Å². The van der Waals surface area contributed by atoms with Gasteiger partial charge in [0.2, 0.25) is 11.7 Å². The molecule has 1 aromatic carbocycles. The van der Waals surface area contributed by atoms with Crippen LogP contribution in [0, 0.1) is 5.92 Å². The molecule has 2 saturated heterocycles. The highest BCUT2D eigenvalue weighted by Gasteiger charge is 2.38. The van der Waals surface area contributed by atoms with Gasteiger partial charge >= 0.3 is 24.4 Å². The highest BCUT2D eigenvalue weighted by atomic mass is 19.4. The Morgan fingerprint density at radius 2 is 1.52 bits per heavy atom. The standard InChI is InChI=1S/C28H33F6N7O5/c29-27(30,31)19-5-3-17(4-6-19)7-8-35-23(42)18-2-1-9-41(15-18)22-14-21(37-25(38-22)28(32,33)34)40-12-10-39(11-13-40)16-20(24(43)44)36-26(45)46/h3-6,14,18,20,36H,1-2,7-13,15-16H2,(H,35,42)(H,43,44)(H,45,46)/t18-,20+/m1/s1. The van der Waals surface area contributed by atoms with Crippen molar-refractivity contribution in [3.05, 3.63) is 47.3 Å². The van der Waals surface area contributed by atoms with E-state index in [0.717, 1.165) is 12.1 Å². The number of nitrogens with zero attached hydrogens (tertiary/aromatic N) is 5. The lowest BCUT2D eigenvalue weighted by atomic mass is 9.97.